The van der Waals surface area contributed by atoms with Crippen molar-refractivity contribution in [2.24, 2.45) is 7.05 Å². The fourth-order valence-electron chi connectivity index (χ4n) is 2.59. The Balaban J connectivity index is 1.56. The van der Waals surface area contributed by atoms with Gasteiger partial charge in [-0.2, -0.15) is 5.10 Å². The standard InChI is InChI=1S/C21H22N6O3/c1-27-14-17(11-26-27)19(22)5-6-20(29)23-10-15-3-2-4-16(9-15)21-24-12-18(13-25-21)30-8-7-28/h2-6,9,11-14,22,28H,7-8,10H2,1H3,(H,23,29)/b6-5-,22-19?. The number of aromatic nitrogens is 4. The Morgan fingerprint density at radius 2 is 2.07 bits per heavy atom. The lowest BCUT2D eigenvalue weighted by molar-refractivity contribution is -0.116. The highest BCUT2D eigenvalue weighted by Gasteiger charge is 2.05. The molecule has 0 saturated carbocycles. The summed E-state index contributed by atoms with van der Waals surface area (Å²) in [5.41, 5.74) is 2.55. The van der Waals surface area contributed by atoms with Crippen LogP contribution in [0.2, 0.25) is 0 Å². The molecule has 30 heavy (non-hydrogen) atoms. The van der Waals surface area contributed by atoms with Crippen molar-refractivity contribution in [3.63, 3.8) is 0 Å². The van der Waals surface area contributed by atoms with E-state index in [9.17, 15) is 4.79 Å². The number of ether oxygens (including phenoxy) is 1. The van der Waals surface area contributed by atoms with Gasteiger partial charge in [0.15, 0.2) is 11.6 Å². The molecule has 0 aliphatic rings. The smallest absolute Gasteiger partial charge is 0.244 e. The van der Waals surface area contributed by atoms with E-state index >= 15 is 0 Å². The molecule has 2 aromatic heterocycles. The molecule has 2 heterocycles. The van der Waals surface area contributed by atoms with E-state index in [1.165, 1.54) is 12.2 Å². The monoisotopic (exact) mass is 406 g/mol. The first-order chi connectivity index (χ1) is 14.5. The molecular formula is C21H22N6O3. The van der Waals surface area contributed by atoms with Crippen molar-refractivity contribution in [3.8, 4) is 17.1 Å². The molecule has 3 rings (SSSR count). The third-order valence-electron chi connectivity index (χ3n) is 4.06. The number of hydrogen-bond acceptors (Lipinski definition) is 7. The van der Waals surface area contributed by atoms with Gasteiger partial charge in [-0.1, -0.05) is 18.2 Å². The first-order valence-corrected chi connectivity index (χ1v) is 9.23. The van der Waals surface area contributed by atoms with E-state index in [0.717, 1.165) is 11.1 Å². The Hall–Kier alpha value is -3.85. The summed E-state index contributed by atoms with van der Waals surface area (Å²) in [4.78, 5) is 20.6. The molecule has 0 radical (unpaired) electrons. The number of carbonyl (C=O) groups is 1. The van der Waals surface area contributed by atoms with Gasteiger partial charge in [-0.25, -0.2) is 9.97 Å². The molecule has 0 bridgehead atoms. The largest absolute Gasteiger partial charge is 0.488 e. The highest BCUT2D eigenvalue weighted by Crippen LogP contribution is 2.18. The molecule has 9 nitrogen and oxygen atoms in total. The maximum absolute atomic E-state index is 12.1. The number of nitrogens with zero attached hydrogens (tertiary/aromatic N) is 4. The van der Waals surface area contributed by atoms with Crippen molar-refractivity contribution < 1.29 is 14.6 Å². The molecule has 0 unspecified atom stereocenters. The highest BCUT2D eigenvalue weighted by molar-refractivity contribution is 6.08. The fraction of sp³-hybridized carbons (Fsp3) is 0.190. The molecule has 0 atom stereocenters. The van der Waals surface area contributed by atoms with E-state index in [0.29, 0.717) is 23.7 Å². The average Bonchev–Trinajstić information content (AvgIpc) is 3.21. The van der Waals surface area contributed by atoms with Gasteiger partial charge in [0.05, 0.1) is 30.9 Å². The van der Waals surface area contributed by atoms with Crippen molar-refractivity contribution in [2.75, 3.05) is 13.2 Å². The predicted molar refractivity (Wildman–Crippen MR) is 111 cm³/mol. The number of rotatable bonds is 9. The quantitative estimate of drug-likeness (QED) is 0.365. The maximum Gasteiger partial charge on any atom is 0.244 e. The van der Waals surface area contributed by atoms with Gasteiger partial charge in [-0.15, -0.1) is 0 Å². The Morgan fingerprint density at radius 1 is 1.27 bits per heavy atom. The van der Waals surface area contributed by atoms with Crippen LogP contribution in [0, 0.1) is 5.41 Å². The molecular weight excluding hydrogens is 384 g/mol. The molecule has 3 aromatic rings. The third-order valence-corrected chi connectivity index (χ3v) is 4.06. The van der Waals surface area contributed by atoms with Crippen molar-refractivity contribution >= 4 is 11.6 Å². The molecule has 3 N–H and O–H groups in total. The van der Waals surface area contributed by atoms with Crippen LogP contribution < -0.4 is 10.1 Å². The summed E-state index contributed by atoms with van der Waals surface area (Å²) in [6, 6.07) is 7.53. The van der Waals surface area contributed by atoms with Crippen LogP contribution >= 0.6 is 0 Å². The Morgan fingerprint density at radius 3 is 2.77 bits per heavy atom. The SMILES string of the molecule is Cn1cc(C(=N)/C=C\C(=O)NCc2cccc(-c3ncc(OCCO)cn3)c2)cn1. The predicted octanol–water partition coefficient (Wildman–Crippen LogP) is 1.49. The lowest BCUT2D eigenvalue weighted by Crippen LogP contribution is -2.20. The molecule has 0 saturated heterocycles. The van der Waals surface area contributed by atoms with Crippen LogP contribution in [0.25, 0.3) is 11.4 Å². The first-order valence-electron chi connectivity index (χ1n) is 9.23. The minimum Gasteiger partial charge on any atom is -0.488 e. The highest BCUT2D eigenvalue weighted by atomic mass is 16.5. The first kappa shape index (κ1) is 20.9. The van der Waals surface area contributed by atoms with Crippen LogP contribution in [0.5, 0.6) is 5.75 Å². The van der Waals surface area contributed by atoms with E-state index in [2.05, 4.69) is 20.4 Å². The zero-order valence-electron chi connectivity index (χ0n) is 16.4. The summed E-state index contributed by atoms with van der Waals surface area (Å²) in [5, 5.41) is 23.5. The number of benzene rings is 1. The molecule has 1 amide bonds. The number of allylic oxidation sites excluding steroid dienone is 1. The molecule has 0 fully saturated rings. The van der Waals surface area contributed by atoms with E-state index < -0.39 is 0 Å². The minimum absolute atomic E-state index is 0.0741. The van der Waals surface area contributed by atoms with Crippen LogP contribution in [-0.2, 0) is 18.4 Å². The number of aryl methyl sites for hydroxylation is 1. The molecule has 0 aliphatic carbocycles. The van der Waals surface area contributed by atoms with Crippen LogP contribution in [0.15, 0.2) is 61.2 Å². The number of carbonyl (C=O) groups excluding carboxylic acids is 1. The fourth-order valence-corrected chi connectivity index (χ4v) is 2.59. The number of amides is 1. The normalized spacial score (nSPS) is 10.9. The lowest BCUT2D eigenvalue weighted by atomic mass is 10.1. The van der Waals surface area contributed by atoms with Gasteiger partial charge in [0.25, 0.3) is 0 Å². The van der Waals surface area contributed by atoms with Gasteiger partial charge in [-0.05, 0) is 17.7 Å². The summed E-state index contributed by atoms with van der Waals surface area (Å²) < 4.78 is 6.86. The van der Waals surface area contributed by atoms with Crippen LogP contribution in [0.4, 0.5) is 0 Å². The molecule has 0 aliphatic heterocycles. The number of nitrogens with one attached hydrogen (secondary N) is 2. The third kappa shape index (κ3) is 5.82. The number of aliphatic hydroxyl groups excluding tert-OH is 1. The summed E-state index contributed by atoms with van der Waals surface area (Å²) in [6.07, 6.45) is 9.15. The van der Waals surface area contributed by atoms with Crippen molar-refractivity contribution in [1.82, 2.24) is 25.1 Å². The Bertz CT molecular complexity index is 1040. The summed E-state index contributed by atoms with van der Waals surface area (Å²) in [5.74, 6) is 0.722. The Kier molecular flexibility index (Phi) is 7.01. The van der Waals surface area contributed by atoms with Crippen LogP contribution in [0.3, 0.4) is 0 Å². The summed E-state index contributed by atoms with van der Waals surface area (Å²) in [6.45, 7) is 0.443. The van der Waals surface area contributed by atoms with Gasteiger partial charge in [-0.3, -0.25) is 9.48 Å². The van der Waals surface area contributed by atoms with Gasteiger partial charge in [0.1, 0.15) is 6.61 Å². The zero-order valence-corrected chi connectivity index (χ0v) is 16.4. The van der Waals surface area contributed by atoms with E-state index in [4.69, 9.17) is 15.3 Å². The van der Waals surface area contributed by atoms with Gasteiger partial charge < -0.3 is 20.6 Å². The van der Waals surface area contributed by atoms with E-state index in [1.807, 2.05) is 24.3 Å². The summed E-state index contributed by atoms with van der Waals surface area (Å²) in [7, 11) is 1.77. The van der Waals surface area contributed by atoms with Gasteiger partial charge in [0, 0.05) is 37.0 Å². The van der Waals surface area contributed by atoms with E-state index in [1.54, 1.807) is 36.5 Å². The van der Waals surface area contributed by atoms with Crippen molar-refractivity contribution in [1.29, 1.82) is 5.41 Å². The van der Waals surface area contributed by atoms with Crippen LogP contribution in [-0.4, -0.2) is 49.7 Å². The number of aliphatic hydroxyl groups is 1. The Labute approximate surface area is 173 Å². The number of hydrogen-bond donors (Lipinski definition) is 3. The summed E-state index contributed by atoms with van der Waals surface area (Å²) >= 11 is 0. The zero-order chi connectivity index (χ0) is 21.3. The average molecular weight is 406 g/mol. The molecule has 1 aromatic carbocycles. The van der Waals surface area contributed by atoms with Crippen molar-refractivity contribution in [3.05, 3.63) is 72.3 Å². The maximum atomic E-state index is 12.1. The lowest BCUT2D eigenvalue weighted by Gasteiger charge is -2.07. The van der Waals surface area contributed by atoms with Gasteiger partial charge >= 0.3 is 0 Å². The second kappa shape index (κ2) is 10.1. The topological polar surface area (TPSA) is 126 Å². The second-order valence-electron chi connectivity index (χ2n) is 6.38. The van der Waals surface area contributed by atoms with E-state index in [-0.39, 0.29) is 24.8 Å². The van der Waals surface area contributed by atoms with Gasteiger partial charge in [0.2, 0.25) is 5.91 Å². The second-order valence-corrected chi connectivity index (χ2v) is 6.38. The molecule has 154 valence electrons. The molecule has 9 heteroatoms. The van der Waals surface area contributed by atoms with Crippen LogP contribution in [0.1, 0.15) is 11.1 Å². The minimum atomic E-state index is -0.296. The van der Waals surface area contributed by atoms with Crippen molar-refractivity contribution in [2.45, 2.75) is 6.54 Å². The molecule has 0 spiro atoms.